The largest absolute Gasteiger partial charge is 0.343 e. The second-order valence-corrected chi connectivity index (χ2v) is 2.35. The highest BCUT2D eigenvalue weighted by atomic mass is 32.1. The van der Waals surface area contributed by atoms with E-state index in [0.717, 1.165) is 0 Å². The van der Waals surface area contributed by atoms with Crippen LogP contribution in [0, 0.1) is 0 Å². The van der Waals surface area contributed by atoms with E-state index < -0.39 is 0 Å². The van der Waals surface area contributed by atoms with Gasteiger partial charge in [0, 0.05) is 5.56 Å². The van der Waals surface area contributed by atoms with Crippen LogP contribution in [0.5, 0.6) is 0 Å². The standard InChI is InChI=1S/C8H9NOS.2C2H6/c10-8(9-6-11)7-4-2-1-3-5-7;2*1-2/h1-5,11H,6H2,(H,9,10);2*1-2H3. The van der Waals surface area contributed by atoms with E-state index in [9.17, 15) is 4.79 Å². The zero-order valence-corrected chi connectivity index (χ0v) is 10.8. The third-order valence-electron chi connectivity index (χ3n) is 1.28. The molecule has 2 nitrogen and oxygen atoms in total. The van der Waals surface area contributed by atoms with Gasteiger partial charge in [-0.2, -0.15) is 12.6 Å². The molecule has 0 heterocycles. The summed E-state index contributed by atoms with van der Waals surface area (Å²) in [5.41, 5.74) is 0.668. The third-order valence-corrected chi connectivity index (χ3v) is 1.43. The Bertz CT molecular complexity index is 237. The number of carbonyl (C=O) groups is 1. The summed E-state index contributed by atoms with van der Waals surface area (Å²) in [6.07, 6.45) is 0. The molecule has 1 N–H and O–H groups in total. The van der Waals surface area contributed by atoms with E-state index >= 15 is 0 Å². The van der Waals surface area contributed by atoms with Gasteiger partial charge < -0.3 is 5.32 Å². The number of carbonyl (C=O) groups excluding carboxylic acids is 1. The van der Waals surface area contributed by atoms with Gasteiger partial charge >= 0.3 is 0 Å². The SMILES string of the molecule is CC.CC.O=C(NCS)c1ccccc1. The van der Waals surface area contributed by atoms with E-state index in [1.807, 2.05) is 45.9 Å². The third kappa shape index (κ3) is 8.06. The lowest BCUT2D eigenvalue weighted by Crippen LogP contribution is -2.21. The summed E-state index contributed by atoms with van der Waals surface area (Å²) < 4.78 is 0. The van der Waals surface area contributed by atoms with Gasteiger partial charge in [-0.05, 0) is 12.1 Å². The number of hydrogen-bond donors (Lipinski definition) is 2. The molecular weight excluding hydrogens is 206 g/mol. The molecule has 1 rings (SSSR count). The quantitative estimate of drug-likeness (QED) is 0.589. The van der Waals surface area contributed by atoms with E-state index in [1.54, 1.807) is 12.1 Å². The van der Waals surface area contributed by atoms with Crippen molar-refractivity contribution in [2.75, 3.05) is 5.88 Å². The first-order valence-corrected chi connectivity index (χ1v) is 5.92. The van der Waals surface area contributed by atoms with Gasteiger partial charge in [0.2, 0.25) is 0 Å². The van der Waals surface area contributed by atoms with Crippen LogP contribution in [0.2, 0.25) is 0 Å². The van der Waals surface area contributed by atoms with E-state index in [2.05, 4.69) is 17.9 Å². The van der Waals surface area contributed by atoms with E-state index in [1.165, 1.54) is 0 Å². The van der Waals surface area contributed by atoms with Crippen molar-refractivity contribution < 1.29 is 4.79 Å². The van der Waals surface area contributed by atoms with Gasteiger partial charge in [0.15, 0.2) is 0 Å². The van der Waals surface area contributed by atoms with Crippen molar-refractivity contribution in [3.63, 3.8) is 0 Å². The molecule has 0 saturated carbocycles. The number of nitrogens with one attached hydrogen (secondary N) is 1. The summed E-state index contributed by atoms with van der Waals surface area (Å²) in [7, 11) is 0. The first kappa shape index (κ1) is 16.5. The van der Waals surface area contributed by atoms with E-state index in [0.29, 0.717) is 11.4 Å². The summed E-state index contributed by atoms with van der Waals surface area (Å²) >= 11 is 3.88. The lowest BCUT2D eigenvalue weighted by molar-refractivity contribution is 0.0961. The van der Waals surface area contributed by atoms with Crippen LogP contribution in [-0.4, -0.2) is 11.8 Å². The van der Waals surface area contributed by atoms with Crippen LogP contribution in [0.15, 0.2) is 30.3 Å². The summed E-state index contributed by atoms with van der Waals surface area (Å²) in [4.78, 5) is 11.1. The lowest BCUT2D eigenvalue weighted by Gasteiger charge is -1.99. The monoisotopic (exact) mass is 227 g/mol. The predicted molar refractivity (Wildman–Crippen MR) is 70.5 cm³/mol. The molecule has 1 aromatic rings. The Kier molecular flexibility index (Phi) is 14.3. The fourth-order valence-electron chi connectivity index (χ4n) is 0.763. The highest BCUT2D eigenvalue weighted by Crippen LogP contribution is 1.97. The minimum Gasteiger partial charge on any atom is -0.343 e. The summed E-state index contributed by atoms with van der Waals surface area (Å²) in [6, 6.07) is 9.05. The zero-order chi connectivity index (χ0) is 12.1. The van der Waals surface area contributed by atoms with Gasteiger partial charge in [-0.25, -0.2) is 0 Å². The van der Waals surface area contributed by atoms with Crippen molar-refractivity contribution >= 4 is 18.5 Å². The molecule has 15 heavy (non-hydrogen) atoms. The topological polar surface area (TPSA) is 29.1 Å². The summed E-state index contributed by atoms with van der Waals surface area (Å²) in [6.45, 7) is 8.00. The van der Waals surface area contributed by atoms with Crippen LogP contribution in [-0.2, 0) is 0 Å². The molecule has 0 aromatic heterocycles. The Morgan fingerprint density at radius 1 is 1.13 bits per heavy atom. The van der Waals surface area contributed by atoms with Crippen molar-refractivity contribution in [3.8, 4) is 0 Å². The number of hydrogen-bond acceptors (Lipinski definition) is 2. The summed E-state index contributed by atoms with van der Waals surface area (Å²) in [5.74, 6) is 0.286. The van der Waals surface area contributed by atoms with Crippen LogP contribution in [0.25, 0.3) is 0 Å². The van der Waals surface area contributed by atoms with E-state index in [-0.39, 0.29) is 5.91 Å². The summed E-state index contributed by atoms with van der Waals surface area (Å²) in [5, 5.41) is 2.59. The maximum Gasteiger partial charge on any atom is 0.251 e. The molecular formula is C12H21NOS. The second kappa shape index (κ2) is 13.0. The fraction of sp³-hybridized carbons (Fsp3) is 0.417. The Morgan fingerprint density at radius 2 is 1.60 bits per heavy atom. The molecule has 0 bridgehead atoms. The number of amides is 1. The van der Waals surface area contributed by atoms with Gasteiger partial charge in [-0.15, -0.1) is 0 Å². The number of rotatable bonds is 2. The molecule has 86 valence electrons. The molecule has 0 unspecified atom stereocenters. The van der Waals surface area contributed by atoms with Crippen molar-refractivity contribution in [1.29, 1.82) is 0 Å². The van der Waals surface area contributed by atoms with Crippen molar-refractivity contribution in [3.05, 3.63) is 35.9 Å². The average molecular weight is 227 g/mol. The molecule has 0 radical (unpaired) electrons. The first-order chi connectivity index (χ1) is 7.34. The molecule has 0 aliphatic rings. The van der Waals surface area contributed by atoms with Gasteiger partial charge in [-0.3, -0.25) is 4.79 Å². The number of benzene rings is 1. The predicted octanol–water partition coefficient (Wildman–Crippen LogP) is 3.36. The first-order valence-electron chi connectivity index (χ1n) is 5.28. The molecule has 0 aliphatic carbocycles. The maximum absolute atomic E-state index is 11.1. The van der Waals surface area contributed by atoms with Gasteiger partial charge in [0.1, 0.15) is 0 Å². The molecule has 0 saturated heterocycles. The maximum atomic E-state index is 11.1. The van der Waals surface area contributed by atoms with Crippen molar-refractivity contribution in [2.45, 2.75) is 27.7 Å². The molecule has 0 fully saturated rings. The zero-order valence-electron chi connectivity index (χ0n) is 9.95. The number of thiol groups is 1. The normalized spacial score (nSPS) is 7.53. The fourth-order valence-corrected chi connectivity index (χ4v) is 0.907. The van der Waals surface area contributed by atoms with Gasteiger partial charge in [0.25, 0.3) is 5.91 Å². The minimum absolute atomic E-state index is 0.0828. The molecule has 0 spiro atoms. The highest BCUT2D eigenvalue weighted by Gasteiger charge is 2.00. The molecule has 1 aromatic carbocycles. The molecule has 1 amide bonds. The van der Waals surface area contributed by atoms with Crippen LogP contribution < -0.4 is 5.32 Å². The second-order valence-electron chi connectivity index (χ2n) is 2.03. The van der Waals surface area contributed by atoms with Crippen molar-refractivity contribution in [2.24, 2.45) is 0 Å². The smallest absolute Gasteiger partial charge is 0.251 e. The Labute approximate surface area is 98.5 Å². The van der Waals surface area contributed by atoms with E-state index in [4.69, 9.17) is 0 Å². The van der Waals surface area contributed by atoms with Crippen LogP contribution >= 0.6 is 12.6 Å². The minimum atomic E-state index is -0.0828. The van der Waals surface area contributed by atoms with Crippen LogP contribution in [0.3, 0.4) is 0 Å². The van der Waals surface area contributed by atoms with Gasteiger partial charge in [-0.1, -0.05) is 45.9 Å². The van der Waals surface area contributed by atoms with Crippen LogP contribution in [0.4, 0.5) is 0 Å². The molecule has 0 atom stereocenters. The lowest BCUT2D eigenvalue weighted by atomic mass is 10.2. The Balaban J connectivity index is 0. The Hall–Kier alpha value is -0.960. The molecule has 0 aliphatic heterocycles. The van der Waals surface area contributed by atoms with Gasteiger partial charge in [0.05, 0.1) is 5.88 Å². The van der Waals surface area contributed by atoms with Crippen molar-refractivity contribution in [1.82, 2.24) is 5.32 Å². The molecule has 3 heteroatoms. The Morgan fingerprint density at radius 3 is 2.00 bits per heavy atom. The average Bonchev–Trinajstić information content (AvgIpc) is 2.36. The van der Waals surface area contributed by atoms with Crippen LogP contribution in [0.1, 0.15) is 38.1 Å². The highest BCUT2D eigenvalue weighted by molar-refractivity contribution is 7.80.